The maximum atomic E-state index is 5.44. The molecule has 0 amide bonds. The van der Waals surface area contributed by atoms with E-state index in [4.69, 9.17) is 5.73 Å². The van der Waals surface area contributed by atoms with Crippen molar-refractivity contribution in [3.05, 3.63) is 23.9 Å². The van der Waals surface area contributed by atoms with Crippen molar-refractivity contribution >= 4 is 0 Å². The molecule has 2 heteroatoms. The number of likely N-dealkylation sites (N-methyl/N-ethyl adjacent to an activating group) is 1. The Morgan fingerprint density at radius 1 is 1.36 bits per heavy atom. The fourth-order valence-electron chi connectivity index (χ4n) is 1.34. The highest BCUT2D eigenvalue weighted by Gasteiger charge is 2.01. The van der Waals surface area contributed by atoms with Crippen LogP contribution in [0.2, 0.25) is 0 Å². The quantitative estimate of drug-likeness (QED) is 0.748. The van der Waals surface area contributed by atoms with Crippen LogP contribution in [0.1, 0.15) is 33.1 Å². The summed E-state index contributed by atoms with van der Waals surface area (Å²) >= 11 is 0. The lowest BCUT2D eigenvalue weighted by atomic mass is 10.1. The van der Waals surface area contributed by atoms with Crippen LogP contribution in [-0.4, -0.2) is 25.0 Å². The lowest BCUT2D eigenvalue weighted by Crippen LogP contribution is -2.20. The Balaban J connectivity index is 0.000000791. The number of hydrogen-bond donors (Lipinski definition) is 1. The van der Waals surface area contributed by atoms with Crippen LogP contribution in [0.15, 0.2) is 23.9 Å². The number of nitrogens with zero attached hydrogens (tertiary/aromatic N) is 1. The molecule has 0 unspecified atom stereocenters. The van der Waals surface area contributed by atoms with Crippen molar-refractivity contribution in [3.63, 3.8) is 0 Å². The van der Waals surface area contributed by atoms with Crippen LogP contribution in [-0.2, 0) is 0 Å². The molecule has 0 aliphatic heterocycles. The van der Waals surface area contributed by atoms with E-state index in [0.29, 0.717) is 0 Å². The van der Waals surface area contributed by atoms with Crippen molar-refractivity contribution in [1.29, 1.82) is 0 Å². The van der Waals surface area contributed by atoms with Gasteiger partial charge in [0.2, 0.25) is 0 Å². The van der Waals surface area contributed by atoms with Gasteiger partial charge in [0.05, 0.1) is 0 Å². The van der Waals surface area contributed by atoms with Gasteiger partial charge < -0.3 is 10.6 Å². The van der Waals surface area contributed by atoms with Gasteiger partial charge in [0.1, 0.15) is 0 Å². The van der Waals surface area contributed by atoms with Gasteiger partial charge in [-0.15, -0.1) is 0 Å². The molecule has 0 saturated carbocycles. The first-order valence-electron chi connectivity index (χ1n) is 5.62. The average Bonchev–Trinajstić information content (AvgIpc) is 2.30. The highest BCUT2D eigenvalue weighted by Crippen LogP contribution is 2.12. The van der Waals surface area contributed by atoms with Gasteiger partial charge in [-0.1, -0.05) is 26.0 Å². The largest absolute Gasteiger partial charge is 0.375 e. The Kier molecular flexibility index (Phi) is 8.34. The number of allylic oxidation sites excluding steroid dienone is 3. The second kappa shape index (κ2) is 8.82. The molecule has 0 heterocycles. The number of nitrogens with two attached hydrogens (primary N) is 1. The summed E-state index contributed by atoms with van der Waals surface area (Å²) in [6, 6.07) is 0. The standard InChI is InChI=1S/C10H18N2.C2H6/c1-12(9-5-8-11)10-6-3-2-4-7-10;1-2/h3,6-7H,2,4-5,8-9,11H2,1H3;1-2H3. The number of rotatable bonds is 4. The van der Waals surface area contributed by atoms with Crippen molar-refractivity contribution in [3.8, 4) is 0 Å². The molecular formula is C12H24N2. The third-order valence-corrected chi connectivity index (χ3v) is 2.11. The molecule has 1 aliphatic carbocycles. The first kappa shape index (κ1) is 13.2. The SMILES string of the molecule is CC.CN(CCCN)C1=CCCC=C1. The molecular weight excluding hydrogens is 172 g/mol. The fraction of sp³-hybridized carbons (Fsp3) is 0.667. The minimum Gasteiger partial charge on any atom is -0.375 e. The van der Waals surface area contributed by atoms with E-state index in [2.05, 4.69) is 30.2 Å². The first-order valence-corrected chi connectivity index (χ1v) is 5.62. The van der Waals surface area contributed by atoms with E-state index in [0.717, 1.165) is 19.5 Å². The van der Waals surface area contributed by atoms with E-state index in [9.17, 15) is 0 Å². The van der Waals surface area contributed by atoms with Gasteiger partial charge >= 0.3 is 0 Å². The summed E-state index contributed by atoms with van der Waals surface area (Å²) in [7, 11) is 2.12. The Bertz CT molecular complexity index is 183. The van der Waals surface area contributed by atoms with Gasteiger partial charge in [-0.3, -0.25) is 0 Å². The molecule has 0 atom stereocenters. The molecule has 1 rings (SSSR count). The average molecular weight is 196 g/mol. The monoisotopic (exact) mass is 196 g/mol. The molecule has 0 spiro atoms. The molecule has 0 aromatic heterocycles. The minimum absolute atomic E-state index is 0.779. The van der Waals surface area contributed by atoms with Crippen LogP contribution in [0.4, 0.5) is 0 Å². The zero-order valence-electron chi connectivity index (χ0n) is 9.79. The van der Waals surface area contributed by atoms with Gasteiger partial charge in [0.15, 0.2) is 0 Å². The van der Waals surface area contributed by atoms with Crippen LogP contribution < -0.4 is 5.73 Å². The molecule has 2 nitrogen and oxygen atoms in total. The predicted octanol–water partition coefficient (Wildman–Crippen LogP) is 2.53. The Hall–Kier alpha value is -0.760. The topological polar surface area (TPSA) is 29.3 Å². The summed E-state index contributed by atoms with van der Waals surface area (Å²) in [6.45, 7) is 5.84. The molecule has 0 aromatic rings. The molecule has 0 fully saturated rings. The van der Waals surface area contributed by atoms with Crippen molar-refractivity contribution in [2.45, 2.75) is 33.1 Å². The third-order valence-electron chi connectivity index (χ3n) is 2.11. The molecule has 0 bridgehead atoms. The van der Waals surface area contributed by atoms with Crippen LogP contribution in [0, 0.1) is 0 Å². The summed E-state index contributed by atoms with van der Waals surface area (Å²) in [4.78, 5) is 2.27. The van der Waals surface area contributed by atoms with Crippen molar-refractivity contribution in [2.75, 3.05) is 20.1 Å². The lowest BCUT2D eigenvalue weighted by molar-refractivity contribution is 0.420. The van der Waals surface area contributed by atoms with Crippen molar-refractivity contribution < 1.29 is 0 Å². The first-order chi connectivity index (χ1) is 6.84. The Labute approximate surface area is 88.5 Å². The Morgan fingerprint density at radius 3 is 2.57 bits per heavy atom. The van der Waals surface area contributed by atoms with Crippen molar-refractivity contribution in [1.82, 2.24) is 4.90 Å². The van der Waals surface area contributed by atoms with E-state index in [-0.39, 0.29) is 0 Å². The highest BCUT2D eigenvalue weighted by atomic mass is 15.1. The van der Waals surface area contributed by atoms with Gasteiger partial charge in [-0.05, 0) is 31.9 Å². The molecule has 14 heavy (non-hydrogen) atoms. The number of hydrogen-bond acceptors (Lipinski definition) is 2. The summed E-state index contributed by atoms with van der Waals surface area (Å²) in [5, 5.41) is 0. The summed E-state index contributed by atoms with van der Waals surface area (Å²) in [6.07, 6.45) is 10.2. The van der Waals surface area contributed by atoms with Crippen molar-refractivity contribution in [2.24, 2.45) is 5.73 Å². The van der Waals surface area contributed by atoms with E-state index in [1.54, 1.807) is 0 Å². The van der Waals surface area contributed by atoms with Gasteiger partial charge in [0.25, 0.3) is 0 Å². The second-order valence-corrected chi connectivity index (χ2v) is 3.17. The van der Waals surface area contributed by atoms with Crippen LogP contribution in [0.25, 0.3) is 0 Å². The maximum Gasteiger partial charge on any atom is 0.0319 e. The molecule has 0 saturated heterocycles. The normalized spacial score (nSPS) is 14.1. The van der Waals surface area contributed by atoms with E-state index in [1.807, 2.05) is 13.8 Å². The van der Waals surface area contributed by atoms with Gasteiger partial charge in [-0.25, -0.2) is 0 Å². The van der Waals surface area contributed by atoms with Gasteiger partial charge in [0, 0.05) is 19.3 Å². The zero-order valence-corrected chi connectivity index (χ0v) is 9.79. The molecule has 82 valence electrons. The predicted molar refractivity (Wildman–Crippen MR) is 64.1 cm³/mol. The van der Waals surface area contributed by atoms with Gasteiger partial charge in [-0.2, -0.15) is 0 Å². The molecule has 0 radical (unpaired) electrons. The molecule has 1 aliphatic rings. The van der Waals surface area contributed by atoms with Crippen LogP contribution in [0.3, 0.4) is 0 Å². The smallest absolute Gasteiger partial charge is 0.0319 e. The lowest BCUT2D eigenvalue weighted by Gasteiger charge is -2.21. The molecule has 0 aromatic carbocycles. The second-order valence-electron chi connectivity index (χ2n) is 3.17. The summed E-state index contributed by atoms with van der Waals surface area (Å²) in [5.41, 5.74) is 6.78. The van der Waals surface area contributed by atoms with Crippen LogP contribution in [0.5, 0.6) is 0 Å². The fourth-order valence-corrected chi connectivity index (χ4v) is 1.34. The van der Waals surface area contributed by atoms with E-state index < -0.39 is 0 Å². The third kappa shape index (κ3) is 5.07. The highest BCUT2D eigenvalue weighted by molar-refractivity contribution is 5.20. The van der Waals surface area contributed by atoms with Crippen LogP contribution >= 0.6 is 0 Å². The summed E-state index contributed by atoms with van der Waals surface area (Å²) in [5.74, 6) is 0. The maximum absolute atomic E-state index is 5.44. The van der Waals surface area contributed by atoms with E-state index >= 15 is 0 Å². The Morgan fingerprint density at radius 2 is 2.07 bits per heavy atom. The molecule has 2 N–H and O–H groups in total. The zero-order chi connectivity index (χ0) is 10.8. The summed E-state index contributed by atoms with van der Waals surface area (Å²) < 4.78 is 0. The minimum atomic E-state index is 0.779. The van der Waals surface area contributed by atoms with E-state index in [1.165, 1.54) is 18.5 Å².